The van der Waals surface area contributed by atoms with Gasteiger partial charge < -0.3 is 15.5 Å². The molecule has 1 aliphatic heterocycles. The van der Waals surface area contributed by atoms with Crippen LogP contribution in [0.2, 0.25) is 0 Å². The van der Waals surface area contributed by atoms with Crippen LogP contribution in [-0.2, 0) is 0 Å². The molecular formula is C25H33N3O. The second-order valence-electron chi connectivity index (χ2n) is 8.53. The first-order chi connectivity index (χ1) is 14.3. The van der Waals surface area contributed by atoms with E-state index in [9.17, 15) is 4.79 Å². The number of piperidine rings is 1. The van der Waals surface area contributed by atoms with Crippen molar-refractivity contribution in [1.82, 2.24) is 15.5 Å². The lowest BCUT2D eigenvalue weighted by Crippen LogP contribution is -2.45. The Morgan fingerprint density at radius 3 is 1.97 bits per heavy atom. The lowest BCUT2D eigenvalue weighted by atomic mass is 9.95. The maximum absolute atomic E-state index is 12.7. The normalized spacial score (nSPS) is 18.8. The van der Waals surface area contributed by atoms with Crippen molar-refractivity contribution < 1.29 is 4.79 Å². The van der Waals surface area contributed by atoms with Crippen molar-refractivity contribution in [3.63, 3.8) is 0 Å². The molecular weight excluding hydrogens is 358 g/mol. The number of likely N-dealkylation sites (tertiary alicyclic amines) is 1. The highest BCUT2D eigenvalue weighted by Crippen LogP contribution is 2.27. The molecule has 2 amide bonds. The molecule has 4 heteroatoms. The number of urea groups is 1. The van der Waals surface area contributed by atoms with E-state index in [1.807, 2.05) is 36.4 Å². The second kappa shape index (κ2) is 9.93. The third kappa shape index (κ3) is 5.39. The lowest BCUT2D eigenvalue weighted by Gasteiger charge is -2.36. The van der Waals surface area contributed by atoms with E-state index in [4.69, 9.17) is 0 Å². The van der Waals surface area contributed by atoms with Crippen molar-refractivity contribution in [3.05, 3.63) is 71.8 Å². The van der Waals surface area contributed by atoms with Crippen molar-refractivity contribution in [2.24, 2.45) is 5.92 Å². The summed E-state index contributed by atoms with van der Waals surface area (Å²) in [5, 5.41) is 6.32. The van der Waals surface area contributed by atoms with E-state index in [-0.39, 0.29) is 12.1 Å². The molecule has 29 heavy (non-hydrogen) atoms. The van der Waals surface area contributed by atoms with Gasteiger partial charge in [-0.25, -0.2) is 4.79 Å². The van der Waals surface area contributed by atoms with Crippen molar-refractivity contribution >= 4 is 6.03 Å². The van der Waals surface area contributed by atoms with Crippen LogP contribution in [0.5, 0.6) is 0 Å². The summed E-state index contributed by atoms with van der Waals surface area (Å²) in [6.07, 6.45) is 7.94. The molecule has 0 spiro atoms. The SMILES string of the molecule is O=C(NCC1CCN(C2CCCC2)CC1)NC(c1ccccc1)c1ccccc1. The van der Waals surface area contributed by atoms with Crippen molar-refractivity contribution in [2.75, 3.05) is 19.6 Å². The number of hydrogen-bond donors (Lipinski definition) is 2. The Kier molecular flexibility index (Phi) is 6.83. The largest absolute Gasteiger partial charge is 0.338 e. The molecule has 4 rings (SSSR count). The first kappa shape index (κ1) is 20.0. The summed E-state index contributed by atoms with van der Waals surface area (Å²) in [5.74, 6) is 0.588. The summed E-state index contributed by atoms with van der Waals surface area (Å²) in [4.78, 5) is 15.4. The molecule has 154 valence electrons. The quantitative estimate of drug-likeness (QED) is 0.748. The first-order valence-electron chi connectivity index (χ1n) is 11.2. The molecule has 0 bridgehead atoms. The van der Waals surface area contributed by atoms with Crippen molar-refractivity contribution in [1.29, 1.82) is 0 Å². The molecule has 1 aliphatic carbocycles. The number of rotatable bonds is 6. The predicted octanol–water partition coefficient (Wildman–Crippen LogP) is 4.73. The summed E-state index contributed by atoms with van der Waals surface area (Å²) >= 11 is 0. The van der Waals surface area contributed by atoms with Gasteiger partial charge in [0, 0.05) is 12.6 Å². The molecule has 4 nitrogen and oxygen atoms in total. The van der Waals surface area contributed by atoms with Gasteiger partial charge in [-0.15, -0.1) is 0 Å². The molecule has 2 aromatic rings. The van der Waals surface area contributed by atoms with E-state index in [0.29, 0.717) is 5.92 Å². The van der Waals surface area contributed by atoms with Crippen molar-refractivity contribution in [2.45, 2.75) is 50.6 Å². The third-order valence-electron chi connectivity index (χ3n) is 6.58. The fraction of sp³-hybridized carbons (Fsp3) is 0.480. The van der Waals surface area contributed by atoms with Crippen LogP contribution in [0.3, 0.4) is 0 Å². The molecule has 0 atom stereocenters. The third-order valence-corrected chi connectivity index (χ3v) is 6.58. The minimum Gasteiger partial charge on any atom is -0.338 e. The van der Waals surface area contributed by atoms with E-state index >= 15 is 0 Å². The topological polar surface area (TPSA) is 44.4 Å². The number of nitrogens with zero attached hydrogens (tertiary/aromatic N) is 1. The predicted molar refractivity (Wildman–Crippen MR) is 118 cm³/mol. The minimum atomic E-state index is -0.137. The maximum Gasteiger partial charge on any atom is 0.315 e. The second-order valence-corrected chi connectivity index (χ2v) is 8.53. The zero-order valence-electron chi connectivity index (χ0n) is 17.2. The molecule has 0 aromatic heterocycles. The average Bonchev–Trinajstić information content (AvgIpc) is 3.33. The molecule has 1 saturated heterocycles. The number of benzene rings is 2. The molecule has 2 N–H and O–H groups in total. The monoisotopic (exact) mass is 391 g/mol. The summed E-state index contributed by atoms with van der Waals surface area (Å²) < 4.78 is 0. The minimum absolute atomic E-state index is 0.0825. The van der Waals surface area contributed by atoms with E-state index in [2.05, 4.69) is 39.8 Å². The summed E-state index contributed by atoms with van der Waals surface area (Å²) in [6, 6.07) is 20.9. The Balaban J connectivity index is 1.29. The molecule has 2 aliphatic rings. The fourth-order valence-corrected chi connectivity index (χ4v) is 4.86. The molecule has 2 aromatic carbocycles. The van der Waals surface area contributed by atoms with Gasteiger partial charge in [0.2, 0.25) is 0 Å². The van der Waals surface area contributed by atoms with E-state index < -0.39 is 0 Å². The Labute approximate surface area is 174 Å². The van der Waals surface area contributed by atoms with Crippen LogP contribution < -0.4 is 10.6 Å². The van der Waals surface area contributed by atoms with Gasteiger partial charge in [0.15, 0.2) is 0 Å². The van der Waals surface area contributed by atoms with Crippen LogP contribution in [0.4, 0.5) is 4.79 Å². The van der Waals surface area contributed by atoms with Gasteiger partial charge in [-0.1, -0.05) is 73.5 Å². The van der Waals surface area contributed by atoms with Crippen LogP contribution in [-0.4, -0.2) is 36.6 Å². The van der Waals surface area contributed by atoms with Gasteiger partial charge in [-0.2, -0.15) is 0 Å². The van der Waals surface area contributed by atoms with Gasteiger partial charge in [-0.05, 0) is 55.8 Å². The Morgan fingerprint density at radius 2 is 1.41 bits per heavy atom. The number of carbonyl (C=O) groups is 1. The standard InChI is InChI=1S/C25H33N3O/c29-25(26-19-20-15-17-28(18-16-20)23-13-7-8-14-23)27-24(21-9-3-1-4-10-21)22-11-5-2-6-12-22/h1-6,9-12,20,23-24H,7-8,13-19H2,(H2,26,27,29). The molecule has 1 saturated carbocycles. The zero-order chi connectivity index (χ0) is 19.9. The fourth-order valence-electron chi connectivity index (χ4n) is 4.86. The number of nitrogens with one attached hydrogen (secondary N) is 2. The van der Waals surface area contributed by atoms with Gasteiger partial charge >= 0.3 is 6.03 Å². The van der Waals surface area contributed by atoms with Crippen molar-refractivity contribution in [3.8, 4) is 0 Å². The highest BCUT2D eigenvalue weighted by molar-refractivity contribution is 5.75. The van der Waals surface area contributed by atoms with Crippen LogP contribution in [0.15, 0.2) is 60.7 Å². The van der Waals surface area contributed by atoms with Crippen LogP contribution >= 0.6 is 0 Å². The van der Waals surface area contributed by atoms with Crippen LogP contribution in [0.25, 0.3) is 0 Å². The summed E-state index contributed by atoms with van der Waals surface area (Å²) in [7, 11) is 0. The molecule has 2 fully saturated rings. The van der Waals surface area contributed by atoms with Gasteiger partial charge in [-0.3, -0.25) is 0 Å². The molecule has 0 unspecified atom stereocenters. The first-order valence-corrected chi connectivity index (χ1v) is 11.2. The highest BCUT2D eigenvalue weighted by atomic mass is 16.2. The van der Waals surface area contributed by atoms with Gasteiger partial charge in [0.05, 0.1) is 6.04 Å². The lowest BCUT2D eigenvalue weighted by molar-refractivity contribution is 0.133. The van der Waals surface area contributed by atoms with E-state index in [1.54, 1.807) is 0 Å². The highest BCUT2D eigenvalue weighted by Gasteiger charge is 2.27. The van der Waals surface area contributed by atoms with E-state index in [1.165, 1.54) is 51.6 Å². The summed E-state index contributed by atoms with van der Waals surface area (Å²) in [6.45, 7) is 3.14. The average molecular weight is 392 g/mol. The Hall–Kier alpha value is -2.33. The Morgan fingerprint density at radius 1 is 0.862 bits per heavy atom. The smallest absolute Gasteiger partial charge is 0.315 e. The van der Waals surface area contributed by atoms with Gasteiger partial charge in [0.1, 0.15) is 0 Å². The maximum atomic E-state index is 12.7. The van der Waals surface area contributed by atoms with Crippen LogP contribution in [0.1, 0.15) is 55.7 Å². The summed E-state index contributed by atoms with van der Waals surface area (Å²) in [5.41, 5.74) is 2.19. The zero-order valence-corrected chi connectivity index (χ0v) is 17.2. The molecule has 0 radical (unpaired) electrons. The van der Waals surface area contributed by atoms with Crippen LogP contribution in [0, 0.1) is 5.92 Å². The van der Waals surface area contributed by atoms with Gasteiger partial charge in [0.25, 0.3) is 0 Å². The number of hydrogen-bond acceptors (Lipinski definition) is 2. The molecule has 1 heterocycles. The number of carbonyl (C=O) groups excluding carboxylic acids is 1. The van der Waals surface area contributed by atoms with E-state index in [0.717, 1.165) is 23.7 Å². The number of amides is 2. The Bertz CT molecular complexity index is 711.